The molecule has 0 saturated carbocycles. The number of pyridine rings is 1. The topological polar surface area (TPSA) is 95.1 Å². The number of aliphatic hydroxyl groups is 1. The normalized spacial score (nSPS) is 22.4. The summed E-state index contributed by atoms with van der Waals surface area (Å²) in [6.07, 6.45) is 2.38. The smallest absolute Gasteiger partial charge is 0.326 e. The van der Waals surface area contributed by atoms with Gasteiger partial charge < -0.3 is 15.1 Å². The number of likely N-dealkylation sites (tertiary alicyclic amines) is 1. The zero-order valence-electron chi connectivity index (χ0n) is 10.5. The van der Waals surface area contributed by atoms with Gasteiger partial charge in [0, 0.05) is 19.2 Å². The van der Waals surface area contributed by atoms with Crippen molar-refractivity contribution in [1.82, 2.24) is 14.5 Å². The van der Waals surface area contributed by atoms with Crippen molar-refractivity contribution in [2.75, 3.05) is 6.54 Å². The Morgan fingerprint density at radius 3 is 2.90 bits per heavy atom. The van der Waals surface area contributed by atoms with Gasteiger partial charge in [0.2, 0.25) is 0 Å². The van der Waals surface area contributed by atoms with Gasteiger partial charge in [-0.1, -0.05) is 6.07 Å². The predicted molar refractivity (Wildman–Crippen MR) is 68.3 cm³/mol. The number of rotatable bonds is 2. The van der Waals surface area contributed by atoms with E-state index >= 15 is 0 Å². The SMILES string of the molecule is O=C(O)C1CC(O)CN1C(=O)c1cnn2ccccc12. The number of hydrogen-bond acceptors (Lipinski definition) is 4. The van der Waals surface area contributed by atoms with Crippen LogP contribution in [-0.2, 0) is 4.79 Å². The molecule has 0 aliphatic carbocycles. The third-order valence-electron chi connectivity index (χ3n) is 3.48. The lowest BCUT2D eigenvalue weighted by Gasteiger charge is -2.20. The van der Waals surface area contributed by atoms with Crippen LogP contribution in [0, 0.1) is 0 Å². The van der Waals surface area contributed by atoms with Crippen molar-refractivity contribution in [3.05, 3.63) is 36.2 Å². The molecule has 2 aromatic heterocycles. The van der Waals surface area contributed by atoms with Crippen LogP contribution in [-0.4, -0.2) is 55.3 Å². The Hall–Kier alpha value is -2.41. The lowest BCUT2D eigenvalue weighted by Crippen LogP contribution is -2.40. The molecule has 2 N–H and O–H groups in total. The summed E-state index contributed by atoms with van der Waals surface area (Å²) in [5, 5.41) is 22.8. The number of carbonyl (C=O) groups is 2. The Balaban J connectivity index is 1.98. The summed E-state index contributed by atoms with van der Waals surface area (Å²) in [5.41, 5.74) is 0.953. The number of hydrogen-bond donors (Lipinski definition) is 2. The second-order valence-corrected chi connectivity index (χ2v) is 4.79. The van der Waals surface area contributed by atoms with Crippen molar-refractivity contribution in [2.45, 2.75) is 18.6 Å². The van der Waals surface area contributed by atoms with Gasteiger partial charge in [-0.05, 0) is 12.1 Å². The van der Waals surface area contributed by atoms with E-state index in [4.69, 9.17) is 5.11 Å². The zero-order valence-corrected chi connectivity index (χ0v) is 10.5. The largest absolute Gasteiger partial charge is 0.480 e. The standard InChI is InChI=1S/C13H13N3O4/c17-8-5-11(13(19)20)15(7-8)12(18)9-6-14-16-4-2-1-3-10(9)16/h1-4,6,8,11,17H,5,7H2,(H,19,20). The minimum Gasteiger partial charge on any atom is -0.480 e. The van der Waals surface area contributed by atoms with Gasteiger partial charge in [-0.2, -0.15) is 5.10 Å². The molecule has 0 radical (unpaired) electrons. The van der Waals surface area contributed by atoms with Crippen molar-refractivity contribution < 1.29 is 19.8 Å². The lowest BCUT2D eigenvalue weighted by atomic mass is 10.2. The highest BCUT2D eigenvalue weighted by Crippen LogP contribution is 2.22. The van der Waals surface area contributed by atoms with Gasteiger partial charge in [-0.25, -0.2) is 9.31 Å². The number of fused-ring (bicyclic) bond motifs is 1. The Morgan fingerprint density at radius 1 is 1.35 bits per heavy atom. The van der Waals surface area contributed by atoms with Crippen molar-refractivity contribution in [3.8, 4) is 0 Å². The van der Waals surface area contributed by atoms with E-state index < -0.39 is 24.0 Å². The van der Waals surface area contributed by atoms with E-state index in [2.05, 4.69) is 5.10 Å². The monoisotopic (exact) mass is 275 g/mol. The lowest BCUT2D eigenvalue weighted by molar-refractivity contribution is -0.141. The molecule has 1 aliphatic rings. The number of aromatic nitrogens is 2. The molecule has 1 amide bonds. The summed E-state index contributed by atoms with van der Waals surface area (Å²) >= 11 is 0. The van der Waals surface area contributed by atoms with E-state index in [1.54, 1.807) is 28.9 Å². The first-order chi connectivity index (χ1) is 9.58. The molecule has 2 aromatic rings. The van der Waals surface area contributed by atoms with Crippen LogP contribution in [0.3, 0.4) is 0 Å². The van der Waals surface area contributed by atoms with Gasteiger partial charge in [0.25, 0.3) is 5.91 Å². The van der Waals surface area contributed by atoms with Crippen molar-refractivity contribution in [1.29, 1.82) is 0 Å². The summed E-state index contributed by atoms with van der Waals surface area (Å²) in [6.45, 7) is 0.0278. The fourth-order valence-corrected chi connectivity index (χ4v) is 2.53. The molecular formula is C13H13N3O4. The Morgan fingerprint density at radius 2 is 2.15 bits per heavy atom. The molecule has 2 atom stereocenters. The highest BCUT2D eigenvalue weighted by atomic mass is 16.4. The fourth-order valence-electron chi connectivity index (χ4n) is 2.53. The highest BCUT2D eigenvalue weighted by molar-refractivity contribution is 6.02. The number of carbonyl (C=O) groups excluding carboxylic acids is 1. The van der Waals surface area contributed by atoms with Crippen molar-refractivity contribution in [2.24, 2.45) is 0 Å². The fraction of sp³-hybridized carbons (Fsp3) is 0.308. The molecule has 0 aromatic carbocycles. The summed E-state index contributed by atoms with van der Waals surface area (Å²) in [4.78, 5) is 24.8. The Labute approximate surface area is 114 Å². The average molecular weight is 275 g/mol. The van der Waals surface area contributed by atoms with Gasteiger partial charge in [0.05, 0.1) is 23.4 Å². The maximum absolute atomic E-state index is 12.5. The summed E-state index contributed by atoms with van der Waals surface area (Å²) < 4.78 is 1.55. The number of aliphatic hydroxyl groups excluding tert-OH is 1. The Bertz CT molecular complexity index is 681. The maximum atomic E-state index is 12.5. The van der Waals surface area contributed by atoms with Crippen molar-refractivity contribution in [3.63, 3.8) is 0 Å². The first-order valence-corrected chi connectivity index (χ1v) is 6.22. The molecule has 7 nitrogen and oxygen atoms in total. The van der Waals surface area contributed by atoms with E-state index in [0.29, 0.717) is 11.1 Å². The molecule has 2 unspecified atom stereocenters. The first kappa shape index (κ1) is 12.6. The molecular weight excluding hydrogens is 262 g/mol. The quantitative estimate of drug-likeness (QED) is 0.804. The molecule has 7 heteroatoms. The number of aliphatic carboxylic acids is 1. The molecule has 104 valence electrons. The number of β-amino-alcohol motifs (C(OH)–C–C–N with tert-alkyl or cyclic N) is 1. The van der Waals surface area contributed by atoms with Gasteiger partial charge in [0.15, 0.2) is 0 Å². The number of amides is 1. The second kappa shape index (κ2) is 4.61. The summed E-state index contributed by atoms with van der Waals surface area (Å²) in [7, 11) is 0. The second-order valence-electron chi connectivity index (χ2n) is 4.79. The third kappa shape index (κ3) is 1.92. The van der Waals surface area contributed by atoms with Crippen LogP contribution in [0.25, 0.3) is 5.52 Å². The molecule has 3 heterocycles. The molecule has 20 heavy (non-hydrogen) atoms. The van der Waals surface area contributed by atoms with Crippen LogP contribution < -0.4 is 0 Å². The van der Waals surface area contributed by atoms with Crippen LogP contribution in [0.4, 0.5) is 0 Å². The Kier molecular flexibility index (Phi) is 2.90. The predicted octanol–water partition coefficient (Wildman–Crippen LogP) is -0.00570. The molecule has 1 saturated heterocycles. The summed E-state index contributed by atoms with van der Waals surface area (Å²) in [6, 6.07) is 4.31. The molecule has 1 aliphatic heterocycles. The van der Waals surface area contributed by atoms with Crippen LogP contribution in [0.5, 0.6) is 0 Å². The van der Waals surface area contributed by atoms with Crippen LogP contribution >= 0.6 is 0 Å². The minimum atomic E-state index is -1.11. The summed E-state index contributed by atoms with van der Waals surface area (Å²) in [5.74, 6) is -1.53. The van der Waals surface area contributed by atoms with E-state index in [-0.39, 0.29) is 13.0 Å². The average Bonchev–Trinajstić information content (AvgIpc) is 3.01. The van der Waals surface area contributed by atoms with Crippen LogP contribution in [0.1, 0.15) is 16.8 Å². The van der Waals surface area contributed by atoms with E-state index in [0.717, 1.165) is 0 Å². The van der Waals surface area contributed by atoms with Gasteiger partial charge >= 0.3 is 5.97 Å². The van der Waals surface area contributed by atoms with E-state index in [1.807, 2.05) is 0 Å². The third-order valence-corrected chi connectivity index (χ3v) is 3.48. The maximum Gasteiger partial charge on any atom is 0.326 e. The minimum absolute atomic E-state index is 0.0278. The highest BCUT2D eigenvalue weighted by Gasteiger charge is 2.39. The van der Waals surface area contributed by atoms with Gasteiger partial charge in [-0.3, -0.25) is 4.79 Å². The number of carboxylic acid groups (broad SMARTS) is 1. The van der Waals surface area contributed by atoms with Crippen molar-refractivity contribution >= 4 is 17.4 Å². The molecule has 0 bridgehead atoms. The molecule has 0 spiro atoms. The van der Waals surface area contributed by atoms with Gasteiger partial charge in [0.1, 0.15) is 6.04 Å². The van der Waals surface area contributed by atoms with Crippen LogP contribution in [0.15, 0.2) is 30.6 Å². The van der Waals surface area contributed by atoms with Crippen LogP contribution in [0.2, 0.25) is 0 Å². The van der Waals surface area contributed by atoms with E-state index in [1.165, 1.54) is 11.1 Å². The number of carboxylic acids is 1. The first-order valence-electron chi connectivity index (χ1n) is 6.22. The zero-order chi connectivity index (χ0) is 14.3. The van der Waals surface area contributed by atoms with E-state index in [9.17, 15) is 14.7 Å². The number of nitrogens with zero attached hydrogens (tertiary/aromatic N) is 3. The molecule has 1 fully saturated rings. The van der Waals surface area contributed by atoms with Gasteiger partial charge in [-0.15, -0.1) is 0 Å². The molecule has 3 rings (SSSR count).